The van der Waals surface area contributed by atoms with E-state index < -0.39 is 24.4 Å². The summed E-state index contributed by atoms with van der Waals surface area (Å²) in [4.78, 5) is 1.84. The highest BCUT2D eigenvalue weighted by Gasteiger charge is 2.48. The molecular formula is C31H34N2O4. The van der Waals surface area contributed by atoms with Crippen molar-refractivity contribution in [3.63, 3.8) is 0 Å². The Morgan fingerprint density at radius 1 is 0.784 bits per heavy atom. The van der Waals surface area contributed by atoms with Gasteiger partial charge in [0.1, 0.15) is 24.4 Å². The molecule has 0 aliphatic carbocycles. The Hall–Kier alpha value is -3.47. The van der Waals surface area contributed by atoms with Crippen LogP contribution in [-0.2, 0) is 38.8 Å². The molecule has 0 N–H and O–H groups in total. The van der Waals surface area contributed by atoms with Gasteiger partial charge in [-0.2, -0.15) is 5.26 Å². The average molecular weight is 499 g/mol. The van der Waals surface area contributed by atoms with Gasteiger partial charge in [0.05, 0.1) is 38.1 Å². The molecule has 1 saturated heterocycles. The molecule has 0 bridgehead atoms. The van der Waals surface area contributed by atoms with Crippen molar-refractivity contribution in [2.75, 3.05) is 20.7 Å². The van der Waals surface area contributed by atoms with Crippen molar-refractivity contribution in [3.8, 4) is 6.07 Å². The van der Waals surface area contributed by atoms with Gasteiger partial charge in [0, 0.05) is 20.3 Å². The molecule has 0 radical (unpaired) electrons. The molecule has 192 valence electrons. The van der Waals surface area contributed by atoms with Crippen LogP contribution in [0.3, 0.4) is 0 Å². The summed E-state index contributed by atoms with van der Waals surface area (Å²) in [6.45, 7) is 1.57. The first-order valence-corrected chi connectivity index (χ1v) is 12.5. The molecule has 37 heavy (non-hydrogen) atoms. The lowest BCUT2D eigenvalue weighted by molar-refractivity contribution is -0.0896. The van der Waals surface area contributed by atoms with Crippen LogP contribution in [0.2, 0.25) is 0 Å². The molecule has 0 spiro atoms. The third kappa shape index (κ3) is 7.75. The van der Waals surface area contributed by atoms with Gasteiger partial charge in [-0.05, 0) is 16.7 Å². The van der Waals surface area contributed by atoms with Crippen LogP contribution in [0.25, 0.3) is 0 Å². The average Bonchev–Trinajstić information content (AvgIpc) is 3.28. The van der Waals surface area contributed by atoms with Gasteiger partial charge in [-0.3, -0.25) is 0 Å². The zero-order chi connectivity index (χ0) is 25.9. The predicted octanol–water partition coefficient (Wildman–Crippen LogP) is 5.11. The zero-order valence-corrected chi connectivity index (χ0v) is 21.4. The third-order valence-electron chi connectivity index (χ3n) is 6.11. The number of benzene rings is 3. The van der Waals surface area contributed by atoms with E-state index >= 15 is 0 Å². The van der Waals surface area contributed by atoms with Crippen LogP contribution in [0.1, 0.15) is 16.7 Å². The largest absolute Gasteiger partial charge is 0.383 e. The molecule has 0 aromatic heterocycles. The van der Waals surface area contributed by atoms with Crippen molar-refractivity contribution in [2.24, 2.45) is 0 Å². The topological polar surface area (TPSA) is 64.0 Å². The summed E-state index contributed by atoms with van der Waals surface area (Å²) in [5.41, 5.74) is 3.67. The molecular weight excluding hydrogens is 464 g/mol. The van der Waals surface area contributed by atoms with Crippen LogP contribution < -0.4 is 0 Å². The molecule has 6 nitrogen and oxygen atoms in total. The van der Waals surface area contributed by atoms with Gasteiger partial charge in [-0.15, -0.1) is 0 Å². The number of ether oxygens (including phenoxy) is 4. The predicted molar refractivity (Wildman–Crippen MR) is 142 cm³/mol. The molecule has 3 aromatic carbocycles. The van der Waals surface area contributed by atoms with Crippen molar-refractivity contribution < 1.29 is 18.9 Å². The van der Waals surface area contributed by atoms with E-state index in [4.69, 9.17) is 18.9 Å². The van der Waals surface area contributed by atoms with Crippen molar-refractivity contribution >= 4 is 0 Å². The Labute approximate surface area is 219 Å². The number of hydrogen-bond acceptors (Lipinski definition) is 6. The summed E-state index contributed by atoms with van der Waals surface area (Å²) in [6, 6.07) is 32.3. The van der Waals surface area contributed by atoms with Gasteiger partial charge in [-0.25, -0.2) is 0 Å². The number of hydrogen-bond donors (Lipinski definition) is 0. The van der Waals surface area contributed by atoms with E-state index in [1.54, 1.807) is 6.20 Å². The first kappa shape index (κ1) is 26.6. The van der Waals surface area contributed by atoms with Crippen LogP contribution >= 0.6 is 0 Å². The minimum Gasteiger partial charge on any atom is -0.383 e. The molecule has 0 amide bonds. The van der Waals surface area contributed by atoms with Crippen molar-refractivity contribution in [1.29, 1.82) is 5.26 Å². The first-order chi connectivity index (χ1) is 18.1. The van der Waals surface area contributed by atoms with Crippen LogP contribution in [0, 0.1) is 11.3 Å². The lowest BCUT2D eigenvalue weighted by Crippen LogP contribution is -2.39. The van der Waals surface area contributed by atoms with E-state index in [-0.39, 0.29) is 0 Å². The Morgan fingerprint density at radius 2 is 1.27 bits per heavy atom. The summed E-state index contributed by atoms with van der Waals surface area (Å²) in [5.74, 6) is 0. The standard InChI is InChI=1S/C31H34N2O4/c1-33(2)19-27(18-32)29-31(36-22-26-16-10-5-11-17-26)30(35-21-25-14-8-4-9-15-25)28(37-29)23-34-20-24-12-6-3-7-13-24/h3-17,19,28-31H,20-23H2,1-2H3/t28-,29?,30+,31+/m1/s1. The Morgan fingerprint density at radius 3 is 1.76 bits per heavy atom. The molecule has 1 unspecified atom stereocenters. The molecule has 4 atom stereocenters. The fourth-order valence-electron chi connectivity index (χ4n) is 4.34. The maximum absolute atomic E-state index is 9.99. The highest BCUT2D eigenvalue weighted by molar-refractivity contribution is 5.29. The number of rotatable bonds is 12. The number of nitrogens with zero attached hydrogens (tertiary/aromatic N) is 2. The smallest absolute Gasteiger partial charge is 0.123 e. The second-order valence-corrected chi connectivity index (χ2v) is 9.28. The SMILES string of the molecule is CN(C)C=C(C#N)C1O[C@H](COCc2ccccc2)[C@H](OCc2ccccc2)[C@H]1OCc1ccccc1. The van der Waals surface area contributed by atoms with Gasteiger partial charge in [-0.1, -0.05) is 91.0 Å². The Bertz CT molecular complexity index is 1150. The Balaban J connectivity index is 1.56. The van der Waals surface area contributed by atoms with Crippen LogP contribution in [0.5, 0.6) is 0 Å². The third-order valence-corrected chi connectivity index (χ3v) is 6.11. The number of nitriles is 1. The Kier molecular flexibility index (Phi) is 9.87. The van der Waals surface area contributed by atoms with Crippen molar-refractivity contribution in [3.05, 3.63) is 119 Å². The van der Waals surface area contributed by atoms with Crippen LogP contribution in [0.4, 0.5) is 0 Å². The quantitative estimate of drug-likeness (QED) is 0.324. The summed E-state index contributed by atoms with van der Waals surface area (Å²) >= 11 is 0. The fourth-order valence-corrected chi connectivity index (χ4v) is 4.34. The minimum absolute atomic E-state index is 0.316. The molecule has 1 aliphatic heterocycles. The zero-order valence-electron chi connectivity index (χ0n) is 21.4. The summed E-state index contributed by atoms with van der Waals surface area (Å²) < 4.78 is 25.4. The summed E-state index contributed by atoms with van der Waals surface area (Å²) in [6.07, 6.45) is -0.117. The highest BCUT2D eigenvalue weighted by atomic mass is 16.6. The fraction of sp³-hybridized carbons (Fsp3) is 0.323. The maximum Gasteiger partial charge on any atom is 0.123 e. The molecule has 0 saturated carbocycles. The lowest BCUT2D eigenvalue weighted by atomic mass is 10.0. The monoisotopic (exact) mass is 498 g/mol. The molecule has 6 heteroatoms. The lowest BCUT2D eigenvalue weighted by Gasteiger charge is -2.25. The second kappa shape index (κ2) is 13.7. The second-order valence-electron chi connectivity index (χ2n) is 9.28. The van der Waals surface area contributed by atoms with E-state index in [0.29, 0.717) is 32.0 Å². The van der Waals surface area contributed by atoms with Gasteiger partial charge < -0.3 is 23.8 Å². The minimum atomic E-state index is -0.581. The molecule has 1 fully saturated rings. The van der Waals surface area contributed by atoms with E-state index in [1.807, 2.05) is 110 Å². The van der Waals surface area contributed by atoms with E-state index in [9.17, 15) is 5.26 Å². The van der Waals surface area contributed by atoms with Crippen molar-refractivity contribution in [2.45, 2.75) is 44.2 Å². The van der Waals surface area contributed by atoms with Gasteiger partial charge >= 0.3 is 0 Å². The molecule has 4 rings (SSSR count). The van der Waals surface area contributed by atoms with E-state index in [2.05, 4.69) is 6.07 Å². The molecule has 1 aliphatic rings. The molecule has 3 aromatic rings. The van der Waals surface area contributed by atoms with Gasteiger partial charge in [0.2, 0.25) is 0 Å². The first-order valence-electron chi connectivity index (χ1n) is 12.5. The van der Waals surface area contributed by atoms with Gasteiger partial charge in [0.15, 0.2) is 0 Å². The molecule has 1 heterocycles. The normalized spacial score (nSPS) is 21.5. The summed E-state index contributed by atoms with van der Waals surface area (Å²) in [5, 5.41) is 9.99. The van der Waals surface area contributed by atoms with Gasteiger partial charge in [0.25, 0.3) is 0 Å². The van der Waals surface area contributed by atoms with Crippen molar-refractivity contribution in [1.82, 2.24) is 4.90 Å². The maximum atomic E-state index is 9.99. The van der Waals surface area contributed by atoms with E-state index in [0.717, 1.165) is 16.7 Å². The van der Waals surface area contributed by atoms with Crippen LogP contribution in [-0.4, -0.2) is 50.0 Å². The van der Waals surface area contributed by atoms with E-state index in [1.165, 1.54) is 0 Å². The summed E-state index contributed by atoms with van der Waals surface area (Å²) in [7, 11) is 3.77. The van der Waals surface area contributed by atoms with Crippen LogP contribution in [0.15, 0.2) is 103 Å². The highest BCUT2D eigenvalue weighted by Crippen LogP contribution is 2.33.